The number of benzene rings is 1. The van der Waals surface area contributed by atoms with Gasteiger partial charge in [-0.15, -0.1) is 0 Å². The largest absolute Gasteiger partial charge is 0.368 e. The predicted molar refractivity (Wildman–Crippen MR) is 96.4 cm³/mol. The Kier molecular flexibility index (Phi) is 3.37. The molecule has 3 fully saturated rings. The van der Waals surface area contributed by atoms with Gasteiger partial charge in [0.05, 0.1) is 11.4 Å². The highest BCUT2D eigenvalue weighted by molar-refractivity contribution is 6.01. The van der Waals surface area contributed by atoms with Crippen LogP contribution in [0, 0.1) is 17.3 Å². The summed E-state index contributed by atoms with van der Waals surface area (Å²) in [5, 5.41) is 3.43. The van der Waals surface area contributed by atoms with Crippen LogP contribution < -0.4 is 15.1 Å². The Morgan fingerprint density at radius 2 is 1.88 bits per heavy atom. The number of nitrogens with zero attached hydrogens (tertiary/aromatic N) is 2. The van der Waals surface area contributed by atoms with E-state index >= 15 is 0 Å². The van der Waals surface area contributed by atoms with E-state index < -0.39 is 0 Å². The van der Waals surface area contributed by atoms with Gasteiger partial charge in [0.25, 0.3) is 0 Å². The van der Waals surface area contributed by atoms with Gasteiger partial charge in [0.2, 0.25) is 5.91 Å². The van der Waals surface area contributed by atoms with Gasteiger partial charge in [0, 0.05) is 25.6 Å². The lowest BCUT2D eigenvalue weighted by atomic mass is 9.91. The third-order valence-electron chi connectivity index (χ3n) is 6.64. The predicted octanol–water partition coefficient (Wildman–Crippen LogP) is 2.64. The Labute approximate surface area is 144 Å². The van der Waals surface area contributed by atoms with E-state index in [0.29, 0.717) is 11.3 Å². The molecule has 2 heterocycles. The van der Waals surface area contributed by atoms with Gasteiger partial charge < -0.3 is 15.1 Å². The molecule has 1 aromatic rings. The van der Waals surface area contributed by atoms with Crippen molar-refractivity contribution in [1.29, 1.82) is 0 Å². The number of carbonyl (C=O) groups excluding carboxylic acids is 1. The van der Waals surface area contributed by atoms with E-state index in [1.807, 2.05) is 0 Å². The molecule has 0 radical (unpaired) electrons. The molecule has 1 spiro atoms. The minimum atomic E-state index is 0.266. The zero-order valence-electron chi connectivity index (χ0n) is 14.3. The smallest absolute Gasteiger partial charge is 0.230 e. The number of fused-ring (bicyclic) bond motifs is 1. The molecule has 24 heavy (non-hydrogen) atoms. The zero-order valence-corrected chi connectivity index (χ0v) is 14.3. The summed E-state index contributed by atoms with van der Waals surface area (Å²) >= 11 is 0. The Bertz CT molecular complexity index is 648. The quantitative estimate of drug-likeness (QED) is 0.928. The molecule has 2 saturated carbocycles. The minimum absolute atomic E-state index is 0.266. The van der Waals surface area contributed by atoms with Gasteiger partial charge in [-0.05, 0) is 68.7 Å². The Morgan fingerprint density at radius 3 is 2.62 bits per heavy atom. The fourth-order valence-corrected chi connectivity index (χ4v) is 4.81. The van der Waals surface area contributed by atoms with Crippen molar-refractivity contribution >= 4 is 17.3 Å². The van der Waals surface area contributed by atoms with Crippen LogP contribution in [0.2, 0.25) is 0 Å². The summed E-state index contributed by atoms with van der Waals surface area (Å²) in [4.78, 5) is 17.8. The summed E-state index contributed by atoms with van der Waals surface area (Å²) in [6.45, 7) is 5.16. The molecule has 5 rings (SSSR count). The standard InChI is InChI=1S/C20H27N3O/c24-19(16-13-20(16)7-9-21-10-8-20)23-12-11-22(14-15-5-6-15)17-3-1-2-4-18(17)23/h1-4,15-16,21H,5-14H2. The third-order valence-corrected chi connectivity index (χ3v) is 6.64. The topological polar surface area (TPSA) is 35.6 Å². The summed E-state index contributed by atoms with van der Waals surface area (Å²) in [7, 11) is 0. The van der Waals surface area contributed by atoms with Crippen LogP contribution in [0.15, 0.2) is 24.3 Å². The van der Waals surface area contributed by atoms with Crippen molar-refractivity contribution < 1.29 is 4.79 Å². The Hall–Kier alpha value is -1.55. The van der Waals surface area contributed by atoms with Gasteiger partial charge in [-0.2, -0.15) is 0 Å². The van der Waals surface area contributed by atoms with Crippen LogP contribution >= 0.6 is 0 Å². The van der Waals surface area contributed by atoms with Crippen LogP contribution in [0.25, 0.3) is 0 Å². The average Bonchev–Trinajstić information content (AvgIpc) is 3.54. The van der Waals surface area contributed by atoms with Crippen molar-refractivity contribution in [3.63, 3.8) is 0 Å². The molecule has 0 aromatic heterocycles. The summed E-state index contributed by atoms with van der Waals surface area (Å²) < 4.78 is 0. The second-order valence-corrected chi connectivity index (χ2v) is 8.24. The van der Waals surface area contributed by atoms with Crippen LogP contribution in [-0.4, -0.2) is 38.6 Å². The maximum absolute atomic E-state index is 13.2. The number of hydrogen-bond donors (Lipinski definition) is 1. The first-order valence-corrected chi connectivity index (χ1v) is 9.63. The molecule has 1 unspecified atom stereocenters. The second-order valence-electron chi connectivity index (χ2n) is 8.24. The molecular weight excluding hydrogens is 298 g/mol. The molecule has 4 aliphatic rings. The fourth-order valence-electron chi connectivity index (χ4n) is 4.81. The van der Waals surface area contributed by atoms with Gasteiger partial charge in [0.15, 0.2) is 0 Å². The van der Waals surface area contributed by atoms with Crippen LogP contribution in [-0.2, 0) is 4.79 Å². The molecule has 1 saturated heterocycles. The normalized spacial score (nSPS) is 27.9. The van der Waals surface area contributed by atoms with Crippen molar-refractivity contribution in [1.82, 2.24) is 5.32 Å². The molecule has 4 heteroatoms. The molecule has 0 bridgehead atoms. The van der Waals surface area contributed by atoms with Gasteiger partial charge in [-0.25, -0.2) is 0 Å². The molecule has 1 aromatic carbocycles. The van der Waals surface area contributed by atoms with E-state index in [9.17, 15) is 4.79 Å². The SMILES string of the molecule is O=C(C1CC12CCNCC2)N1CCN(CC2CC2)c2ccccc21. The number of anilines is 2. The van der Waals surface area contributed by atoms with E-state index in [-0.39, 0.29) is 5.92 Å². The number of hydrogen-bond acceptors (Lipinski definition) is 3. The van der Waals surface area contributed by atoms with E-state index in [2.05, 4.69) is 39.4 Å². The van der Waals surface area contributed by atoms with Crippen LogP contribution in [0.1, 0.15) is 32.1 Å². The van der Waals surface area contributed by atoms with Crippen LogP contribution in [0.3, 0.4) is 0 Å². The highest BCUT2D eigenvalue weighted by Gasteiger charge is 2.59. The highest BCUT2D eigenvalue weighted by atomic mass is 16.2. The first-order chi connectivity index (χ1) is 11.8. The Balaban J connectivity index is 1.37. The van der Waals surface area contributed by atoms with Gasteiger partial charge in [0.1, 0.15) is 0 Å². The number of rotatable bonds is 3. The zero-order chi connectivity index (χ0) is 16.1. The lowest BCUT2D eigenvalue weighted by Crippen LogP contribution is -2.46. The average molecular weight is 325 g/mol. The summed E-state index contributed by atoms with van der Waals surface area (Å²) in [6.07, 6.45) is 6.21. The maximum Gasteiger partial charge on any atom is 0.230 e. The van der Waals surface area contributed by atoms with E-state index in [0.717, 1.165) is 50.7 Å². The first-order valence-electron chi connectivity index (χ1n) is 9.63. The third kappa shape index (κ3) is 2.43. The molecule has 2 aliphatic carbocycles. The van der Waals surface area contributed by atoms with Crippen molar-refractivity contribution in [2.45, 2.75) is 32.1 Å². The molecule has 1 amide bonds. The number of nitrogens with one attached hydrogen (secondary N) is 1. The fraction of sp³-hybridized carbons (Fsp3) is 0.650. The number of amides is 1. The van der Waals surface area contributed by atoms with Gasteiger partial charge in [-0.1, -0.05) is 12.1 Å². The summed E-state index contributed by atoms with van der Waals surface area (Å²) in [5.41, 5.74) is 2.73. The summed E-state index contributed by atoms with van der Waals surface area (Å²) in [6, 6.07) is 8.53. The Morgan fingerprint density at radius 1 is 1.12 bits per heavy atom. The molecule has 128 valence electrons. The number of para-hydroxylation sites is 2. The van der Waals surface area contributed by atoms with Crippen molar-refractivity contribution in [3.05, 3.63) is 24.3 Å². The lowest BCUT2D eigenvalue weighted by molar-refractivity contribution is -0.120. The first kappa shape index (κ1) is 14.8. The van der Waals surface area contributed by atoms with Gasteiger partial charge in [-0.3, -0.25) is 4.79 Å². The lowest BCUT2D eigenvalue weighted by Gasteiger charge is -2.38. The van der Waals surface area contributed by atoms with E-state index in [1.54, 1.807) is 0 Å². The van der Waals surface area contributed by atoms with E-state index in [4.69, 9.17) is 0 Å². The van der Waals surface area contributed by atoms with Crippen molar-refractivity contribution in [3.8, 4) is 0 Å². The van der Waals surface area contributed by atoms with Crippen molar-refractivity contribution in [2.24, 2.45) is 17.3 Å². The monoisotopic (exact) mass is 325 g/mol. The molecular formula is C20H27N3O. The van der Waals surface area contributed by atoms with Crippen LogP contribution in [0.5, 0.6) is 0 Å². The van der Waals surface area contributed by atoms with Crippen LogP contribution in [0.4, 0.5) is 11.4 Å². The molecule has 1 N–H and O–H groups in total. The molecule has 4 nitrogen and oxygen atoms in total. The highest BCUT2D eigenvalue weighted by Crippen LogP contribution is 2.59. The number of piperidine rings is 1. The minimum Gasteiger partial charge on any atom is -0.368 e. The number of carbonyl (C=O) groups is 1. The molecule has 2 aliphatic heterocycles. The van der Waals surface area contributed by atoms with Crippen molar-refractivity contribution in [2.75, 3.05) is 42.5 Å². The van der Waals surface area contributed by atoms with Gasteiger partial charge >= 0.3 is 0 Å². The maximum atomic E-state index is 13.2. The van der Waals surface area contributed by atoms with E-state index in [1.165, 1.54) is 31.4 Å². The summed E-state index contributed by atoms with van der Waals surface area (Å²) in [5.74, 6) is 1.53. The molecule has 1 atom stereocenters. The second kappa shape index (κ2) is 5.48.